The van der Waals surface area contributed by atoms with Crippen LogP contribution in [-0.2, 0) is 0 Å². The van der Waals surface area contributed by atoms with Crippen molar-refractivity contribution in [3.8, 4) is 0 Å². The summed E-state index contributed by atoms with van der Waals surface area (Å²) in [5.41, 5.74) is 8.73. The van der Waals surface area contributed by atoms with Crippen molar-refractivity contribution in [2.24, 2.45) is 0 Å². The van der Waals surface area contributed by atoms with Gasteiger partial charge >= 0.3 is 134 Å². The van der Waals surface area contributed by atoms with Gasteiger partial charge in [-0.1, -0.05) is 0 Å². The van der Waals surface area contributed by atoms with Crippen LogP contribution in [0.25, 0.3) is 0 Å². The molecule has 0 amide bonds. The van der Waals surface area contributed by atoms with Gasteiger partial charge in [0, 0.05) is 0 Å². The van der Waals surface area contributed by atoms with Crippen LogP contribution in [0.4, 0.5) is 0 Å². The predicted octanol–water partition coefficient (Wildman–Crippen LogP) is 6.33. The first-order valence-corrected chi connectivity index (χ1v) is 13.1. The molecule has 0 heterocycles. The summed E-state index contributed by atoms with van der Waals surface area (Å²) < 4.78 is 0.250. The van der Waals surface area contributed by atoms with Crippen molar-refractivity contribution in [3.05, 3.63) is 45.6 Å². The van der Waals surface area contributed by atoms with Crippen LogP contribution in [0.2, 0.25) is 7.94 Å². The van der Waals surface area contributed by atoms with Crippen LogP contribution < -0.4 is 0 Å². The SMILES string of the molecule is CC1=C[C](C)([Ga]([Cl])[C]2(C)C=C(C)C(C)=C2C)C(C)=C1C. The third-order valence-electron chi connectivity index (χ3n) is 6.01. The van der Waals surface area contributed by atoms with E-state index in [0.29, 0.717) is 0 Å². The van der Waals surface area contributed by atoms with Crippen LogP contribution in [0.15, 0.2) is 45.6 Å². The molecule has 2 heteroatoms. The van der Waals surface area contributed by atoms with E-state index in [1.807, 2.05) is 0 Å². The molecule has 0 saturated carbocycles. The maximum atomic E-state index is 7.26. The molecule has 0 aromatic carbocycles. The Morgan fingerprint density at radius 2 is 1.05 bits per heavy atom. The average molecular weight is 348 g/mol. The molecule has 0 saturated heterocycles. The van der Waals surface area contributed by atoms with Gasteiger partial charge in [-0.2, -0.15) is 0 Å². The summed E-state index contributed by atoms with van der Waals surface area (Å²) in [4.78, 5) is 0. The third-order valence-corrected chi connectivity index (χ3v) is 17.7. The van der Waals surface area contributed by atoms with E-state index in [0.717, 1.165) is 0 Å². The Bertz CT molecular complexity index is 539. The fraction of sp³-hybridized carbons (Fsp3) is 0.556. The maximum absolute atomic E-state index is 7.26. The standard InChI is InChI=1S/2C9H13.ClH.Ga/c2*1-6-5-7(2)9(4)8(6)3;;/h2*5H,1-4H3;1H;/q;;;+1/p-1. The minimum absolute atomic E-state index is 0.125. The number of hydrogen-bond donors (Lipinski definition) is 0. The van der Waals surface area contributed by atoms with Crippen LogP contribution in [-0.4, -0.2) is 15.2 Å². The summed E-state index contributed by atoms with van der Waals surface area (Å²) in [6, 6.07) is 0. The van der Waals surface area contributed by atoms with Gasteiger partial charge in [-0.25, -0.2) is 0 Å². The molecule has 0 aromatic heterocycles. The van der Waals surface area contributed by atoms with Crippen LogP contribution >= 0.6 is 9.64 Å². The first-order chi connectivity index (χ1) is 9.05. The Morgan fingerprint density at radius 3 is 1.25 bits per heavy atom. The van der Waals surface area contributed by atoms with E-state index in [9.17, 15) is 0 Å². The molecule has 2 aliphatic carbocycles. The molecule has 0 fully saturated rings. The predicted molar refractivity (Wildman–Crippen MR) is 92.6 cm³/mol. The van der Waals surface area contributed by atoms with Crippen molar-refractivity contribution in [3.63, 3.8) is 0 Å². The van der Waals surface area contributed by atoms with E-state index in [1.54, 1.807) is 0 Å². The quantitative estimate of drug-likeness (QED) is 0.512. The van der Waals surface area contributed by atoms with Crippen molar-refractivity contribution < 1.29 is 0 Å². The Morgan fingerprint density at radius 1 is 0.750 bits per heavy atom. The fourth-order valence-electron chi connectivity index (χ4n) is 3.88. The molecular weight excluding hydrogens is 321 g/mol. The first kappa shape index (κ1) is 16.3. The van der Waals surface area contributed by atoms with E-state index in [1.165, 1.54) is 33.4 Å². The molecule has 0 spiro atoms. The molecule has 0 N–H and O–H groups in total. The van der Waals surface area contributed by atoms with E-state index in [2.05, 4.69) is 67.5 Å². The van der Waals surface area contributed by atoms with Crippen molar-refractivity contribution >= 4 is 24.9 Å². The Hall–Kier alpha value is -0.114. The topological polar surface area (TPSA) is 0 Å². The zero-order valence-corrected chi connectivity index (χ0v) is 17.3. The summed E-state index contributed by atoms with van der Waals surface area (Å²) in [5, 5.41) is 0. The zero-order chi connectivity index (χ0) is 15.5. The van der Waals surface area contributed by atoms with Crippen LogP contribution in [0, 0.1) is 0 Å². The van der Waals surface area contributed by atoms with Gasteiger partial charge in [0.25, 0.3) is 0 Å². The van der Waals surface area contributed by atoms with E-state index in [-0.39, 0.29) is 7.94 Å². The van der Waals surface area contributed by atoms with Crippen LogP contribution in [0.1, 0.15) is 55.4 Å². The molecule has 2 aliphatic rings. The molecule has 20 heavy (non-hydrogen) atoms. The number of allylic oxidation sites excluding steroid dienone is 8. The van der Waals surface area contributed by atoms with Gasteiger partial charge in [-0.3, -0.25) is 0 Å². The second-order valence-electron chi connectivity index (χ2n) is 7.08. The van der Waals surface area contributed by atoms with E-state index < -0.39 is 15.2 Å². The van der Waals surface area contributed by atoms with E-state index >= 15 is 0 Å². The normalized spacial score (nSPS) is 33.9. The zero-order valence-electron chi connectivity index (χ0n) is 14.1. The molecule has 0 aromatic rings. The van der Waals surface area contributed by atoms with Gasteiger partial charge in [0.1, 0.15) is 0 Å². The molecule has 0 aliphatic heterocycles. The minimum atomic E-state index is -2.18. The summed E-state index contributed by atoms with van der Waals surface area (Å²) >= 11 is -2.18. The second kappa shape index (κ2) is 4.96. The monoisotopic (exact) mass is 346 g/mol. The third kappa shape index (κ3) is 2.05. The average Bonchev–Trinajstić information content (AvgIpc) is 2.71. The van der Waals surface area contributed by atoms with Crippen LogP contribution in [0.5, 0.6) is 0 Å². The van der Waals surface area contributed by atoms with Crippen molar-refractivity contribution in [2.45, 2.75) is 63.3 Å². The molecule has 2 atom stereocenters. The van der Waals surface area contributed by atoms with Gasteiger partial charge in [0.05, 0.1) is 0 Å². The van der Waals surface area contributed by atoms with Gasteiger partial charge in [0.2, 0.25) is 0 Å². The summed E-state index contributed by atoms with van der Waals surface area (Å²) in [7, 11) is 7.26. The van der Waals surface area contributed by atoms with Crippen molar-refractivity contribution in [2.75, 3.05) is 0 Å². The van der Waals surface area contributed by atoms with Gasteiger partial charge < -0.3 is 0 Å². The molecule has 108 valence electrons. The summed E-state index contributed by atoms with van der Waals surface area (Å²) in [6.45, 7) is 18.2. The number of halogens is 1. The second-order valence-corrected chi connectivity index (χ2v) is 15.9. The molecule has 0 bridgehead atoms. The first-order valence-electron chi connectivity index (χ1n) is 7.45. The number of hydrogen-bond acceptors (Lipinski definition) is 0. The number of rotatable bonds is 2. The Labute approximate surface area is 133 Å². The molecule has 0 nitrogen and oxygen atoms in total. The van der Waals surface area contributed by atoms with Gasteiger partial charge in [-0.05, 0) is 0 Å². The van der Waals surface area contributed by atoms with Gasteiger partial charge in [0.15, 0.2) is 0 Å². The fourth-order valence-corrected chi connectivity index (χ4v) is 13.0. The summed E-state index contributed by atoms with van der Waals surface area (Å²) in [6.07, 6.45) is 4.90. The van der Waals surface area contributed by atoms with Crippen LogP contribution in [0.3, 0.4) is 0 Å². The van der Waals surface area contributed by atoms with Gasteiger partial charge in [-0.15, -0.1) is 0 Å². The summed E-state index contributed by atoms with van der Waals surface area (Å²) in [5.74, 6) is 0. The Balaban J connectivity index is 2.52. The van der Waals surface area contributed by atoms with Crippen molar-refractivity contribution in [1.82, 2.24) is 0 Å². The van der Waals surface area contributed by atoms with Crippen molar-refractivity contribution in [1.29, 1.82) is 0 Å². The molecule has 0 radical (unpaired) electrons. The molecular formula is C18H26ClGa. The molecule has 2 unspecified atom stereocenters. The molecule has 2 rings (SSSR count). The van der Waals surface area contributed by atoms with E-state index in [4.69, 9.17) is 9.64 Å². The Kier molecular flexibility index (Phi) is 4.04.